The number of aliphatic imine (C=N–C) groups is 1. The average Bonchev–Trinajstić information content (AvgIpc) is 3.14. The Hall–Kier alpha value is -2.64. The molecule has 2 rings (SSSR count). The SMILES string of the molecule is CCNC(=NCC(Cc1ccc(F)cc1)C(N)=O)NC1CCN(C(=O)C(C)C)C1. The molecule has 0 aliphatic carbocycles. The number of hydrogen-bond donors (Lipinski definition) is 3. The Morgan fingerprint density at radius 1 is 1.31 bits per heavy atom. The lowest BCUT2D eigenvalue weighted by Crippen LogP contribution is -2.45. The van der Waals surface area contributed by atoms with Crippen LogP contribution in [0.3, 0.4) is 0 Å². The number of primary amides is 1. The zero-order valence-corrected chi connectivity index (χ0v) is 17.5. The van der Waals surface area contributed by atoms with Crippen LogP contribution >= 0.6 is 0 Å². The summed E-state index contributed by atoms with van der Waals surface area (Å²) in [5.41, 5.74) is 6.39. The highest BCUT2D eigenvalue weighted by Crippen LogP contribution is 2.13. The summed E-state index contributed by atoms with van der Waals surface area (Å²) in [4.78, 5) is 30.4. The number of amides is 2. The highest BCUT2D eigenvalue weighted by Gasteiger charge is 2.28. The van der Waals surface area contributed by atoms with Gasteiger partial charge in [-0.2, -0.15) is 0 Å². The molecule has 0 saturated carbocycles. The first kappa shape index (κ1) is 22.6. The predicted octanol–water partition coefficient (Wildman–Crippen LogP) is 1.28. The monoisotopic (exact) mass is 405 g/mol. The fourth-order valence-electron chi connectivity index (χ4n) is 3.32. The Bertz CT molecular complexity index is 720. The van der Waals surface area contributed by atoms with Crippen LogP contribution in [0, 0.1) is 17.7 Å². The molecule has 1 aliphatic heterocycles. The van der Waals surface area contributed by atoms with E-state index in [9.17, 15) is 14.0 Å². The van der Waals surface area contributed by atoms with E-state index in [2.05, 4.69) is 15.6 Å². The number of nitrogens with one attached hydrogen (secondary N) is 2. The topological polar surface area (TPSA) is 99.8 Å². The first-order chi connectivity index (χ1) is 13.8. The molecule has 1 aromatic rings. The van der Waals surface area contributed by atoms with E-state index in [0.717, 1.165) is 18.5 Å². The van der Waals surface area contributed by atoms with Gasteiger partial charge in [-0.15, -0.1) is 0 Å². The maximum atomic E-state index is 13.1. The maximum absolute atomic E-state index is 13.1. The number of rotatable bonds is 8. The smallest absolute Gasteiger partial charge is 0.225 e. The lowest BCUT2D eigenvalue weighted by Gasteiger charge is -2.20. The van der Waals surface area contributed by atoms with Crippen LogP contribution in [0.2, 0.25) is 0 Å². The number of guanidine groups is 1. The number of carbonyl (C=O) groups is 2. The predicted molar refractivity (Wildman–Crippen MR) is 112 cm³/mol. The molecule has 2 atom stereocenters. The molecule has 1 fully saturated rings. The zero-order chi connectivity index (χ0) is 21.4. The molecule has 4 N–H and O–H groups in total. The summed E-state index contributed by atoms with van der Waals surface area (Å²) in [6.07, 6.45) is 1.25. The summed E-state index contributed by atoms with van der Waals surface area (Å²) in [5, 5.41) is 6.53. The lowest BCUT2D eigenvalue weighted by molar-refractivity contribution is -0.133. The van der Waals surface area contributed by atoms with Gasteiger partial charge >= 0.3 is 0 Å². The molecule has 2 unspecified atom stereocenters. The van der Waals surface area contributed by atoms with E-state index in [0.29, 0.717) is 25.5 Å². The fraction of sp³-hybridized carbons (Fsp3) is 0.571. The van der Waals surface area contributed by atoms with Crippen molar-refractivity contribution in [3.05, 3.63) is 35.6 Å². The highest BCUT2D eigenvalue weighted by molar-refractivity contribution is 5.82. The standard InChI is InChI=1S/C21H32FN5O2/c1-4-24-21(26-18-9-10-27(13-18)20(29)14(2)3)25-12-16(19(23)28)11-15-5-7-17(22)8-6-15/h5-8,14,16,18H,4,9-13H2,1-3H3,(H2,23,28)(H2,24,25,26). The molecule has 0 aromatic heterocycles. The molecular weight excluding hydrogens is 373 g/mol. The van der Waals surface area contributed by atoms with Gasteiger partial charge in [-0.25, -0.2) is 4.39 Å². The van der Waals surface area contributed by atoms with Crippen molar-refractivity contribution in [2.24, 2.45) is 22.6 Å². The molecule has 1 aliphatic rings. The first-order valence-corrected chi connectivity index (χ1v) is 10.2. The molecule has 2 amide bonds. The molecule has 1 heterocycles. The van der Waals surface area contributed by atoms with Crippen LogP contribution in [0.4, 0.5) is 4.39 Å². The lowest BCUT2D eigenvalue weighted by atomic mass is 9.99. The highest BCUT2D eigenvalue weighted by atomic mass is 19.1. The van der Waals surface area contributed by atoms with Crippen LogP contribution in [0.1, 0.15) is 32.8 Å². The van der Waals surface area contributed by atoms with E-state index in [4.69, 9.17) is 5.73 Å². The quantitative estimate of drug-likeness (QED) is 0.448. The molecule has 0 bridgehead atoms. The Kier molecular flexibility index (Phi) is 8.42. The molecule has 160 valence electrons. The average molecular weight is 406 g/mol. The summed E-state index contributed by atoms with van der Waals surface area (Å²) < 4.78 is 13.1. The minimum absolute atomic E-state index is 0.0153. The third-order valence-corrected chi connectivity index (χ3v) is 4.95. The van der Waals surface area contributed by atoms with Gasteiger partial charge in [0.05, 0.1) is 12.5 Å². The van der Waals surface area contributed by atoms with Crippen LogP contribution in [0.5, 0.6) is 0 Å². The van der Waals surface area contributed by atoms with Crippen molar-refractivity contribution in [3.8, 4) is 0 Å². The van der Waals surface area contributed by atoms with Crippen molar-refractivity contribution in [2.75, 3.05) is 26.2 Å². The summed E-state index contributed by atoms with van der Waals surface area (Å²) in [6.45, 7) is 8.03. The van der Waals surface area contributed by atoms with E-state index in [1.54, 1.807) is 12.1 Å². The van der Waals surface area contributed by atoms with Gasteiger partial charge in [0.15, 0.2) is 5.96 Å². The third-order valence-electron chi connectivity index (χ3n) is 4.95. The molecule has 7 nitrogen and oxygen atoms in total. The van der Waals surface area contributed by atoms with E-state index in [-0.39, 0.29) is 30.2 Å². The molecule has 1 aromatic carbocycles. The molecule has 0 radical (unpaired) electrons. The Morgan fingerprint density at radius 3 is 2.59 bits per heavy atom. The van der Waals surface area contributed by atoms with Crippen LogP contribution in [0.25, 0.3) is 0 Å². The number of carbonyl (C=O) groups excluding carboxylic acids is 2. The van der Waals surface area contributed by atoms with E-state index >= 15 is 0 Å². The molecule has 29 heavy (non-hydrogen) atoms. The van der Waals surface area contributed by atoms with Gasteiger partial charge in [0.25, 0.3) is 0 Å². The van der Waals surface area contributed by atoms with Crippen molar-refractivity contribution in [2.45, 2.75) is 39.7 Å². The second kappa shape index (κ2) is 10.8. The molecule has 0 spiro atoms. The van der Waals surface area contributed by atoms with Crippen molar-refractivity contribution in [1.82, 2.24) is 15.5 Å². The van der Waals surface area contributed by atoms with Gasteiger partial charge in [0.2, 0.25) is 11.8 Å². The number of halogens is 1. The van der Waals surface area contributed by atoms with Crippen LogP contribution in [-0.2, 0) is 16.0 Å². The number of nitrogens with zero attached hydrogens (tertiary/aromatic N) is 2. The van der Waals surface area contributed by atoms with Crippen molar-refractivity contribution in [1.29, 1.82) is 0 Å². The second-order valence-electron chi connectivity index (χ2n) is 7.72. The van der Waals surface area contributed by atoms with Gasteiger partial charge in [-0.1, -0.05) is 26.0 Å². The van der Waals surface area contributed by atoms with Gasteiger partial charge < -0.3 is 21.3 Å². The largest absolute Gasteiger partial charge is 0.369 e. The Balaban J connectivity index is 1.98. The van der Waals surface area contributed by atoms with Crippen molar-refractivity contribution in [3.63, 3.8) is 0 Å². The van der Waals surface area contributed by atoms with E-state index in [1.165, 1.54) is 12.1 Å². The van der Waals surface area contributed by atoms with Crippen molar-refractivity contribution >= 4 is 17.8 Å². The zero-order valence-electron chi connectivity index (χ0n) is 17.5. The Labute approximate surface area is 171 Å². The van der Waals surface area contributed by atoms with Crippen LogP contribution < -0.4 is 16.4 Å². The van der Waals surface area contributed by atoms with E-state index < -0.39 is 11.8 Å². The molecular formula is C21H32FN5O2. The summed E-state index contributed by atoms with van der Waals surface area (Å²) >= 11 is 0. The van der Waals surface area contributed by atoms with Gasteiger partial charge in [-0.3, -0.25) is 14.6 Å². The third kappa shape index (κ3) is 7.03. The number of benzene rings is 1. The van der Waals surface area contributed by atoms with Crippen molar-refractivity contribution < 1.29 is 14.0 Å². The van der Waals surface area contributed by atoms with Gasteiger partial charge in [-0.05, 0) is 37.5 Å². The van der Waals surface area contributed by atoms with Crippen LogP contribution in [-0.4, -0.2) is 54.9 Å². The van der Waals surface area contributed by atoms with Crippen LogP contribution in [0.15, 0.2) is 29.3 Å². The van der Waals surface area contributed by atoms with Gasteiger partial charge in [0.1, 0.15) is 5.82 Å². The Morgan fingerprint density at radius 2 is 2.00 bits per heavy atom. The summed E-state index contributed by atoms with van der Waals surface area (Å²) in [5.74, 6) is -0.505. The van der Waals surface area contributed by atoms with Gasteiger partial charge in [0, 0.05) is 31.6 Å². The summed E-state index contributed by atoms with van der Waals surface area (Å²) in [6, 6.07) is 6.15. The normalized spacial score (nSPS) is 18.0. The molecule has 1 saturated heterocycles. The first-order valence-electron chi connectivity index (χ1n) is 10.2. The maximum Gasteiger partial charge on any atom is 0.225 e. The number of likely N-dealkylation sites (tertiary alicyclic amines) is 1. The second-order valence-corrected chi connectivity index (χ2v) is 7.72. The minimum atomic E-state index is -0.487. The fourth-order valence-corrected chi connectivity index (χ4v) is 3.32. The minimum Gasteiger partial charge on any atom is -0.369 e. The van der Waals surface area contributed by atoms with E-state index in [1.807, 2.05) is 25.7 Å². The summed E-state index contributed by atoms with van der Waals surface area (Å²) in [7, 11) is 0. The number of hydrogen-bond acceptors (Lipinski definition) is 3. The number of nitrogens with two attached hydrogens (primary N) is 1. The molecule has 8 heteroatoms.